The van der Waals surface area contributed by atoms with Crippen LogP contribution in [0.4, 0.5) is 26.1 Å². The van der Waals surface area contributed by atoms with Crippen molar-refractivity contribution >= 4 is 23.2 Å². The van der Waals surface area contributed by atoms with Gasteiger partial charge in [-0.2, -0.15) is 0 Å². The zero-order valence-electron chi connectivity index (χ0n) is 14.0. The van der Waals surface area contributed by atoms with E-state index in [0.717, 1.165) is 29.8 Å². The number of anilines is 3. The Bertz CT molecular complexity index is 909. The molecule has 132 valence electrons. The van der Waals surface area contributed by atoms with Crippen LogP contribution in [0, 0.1) is 11.6 Å². The third-order valence-electron chi connectivity index (χ3n) is 3.76. The van der Waals surface area contributed by atoms with Crippen LogP contribution in [-0.4, -0.2) is 15.9 Å². The first-order chi connectivity index (χ1) is 12.6. The van der Waals surface area contributed by atoms with Gasteiger partial charge < -0.3 is 10.6 Å². The Hall–Kier alpha value is -3.35. The van der Waals surface area contributed by atoms with Crippen molar-refractivity contribution in [1.29, 1.82) is 0 Å². The van der Waals surface area contributed by atoms with Crippen molar-refractivity contribution in [3.05, 3.63) is 77.6 Å². The zero-order chi connectivity index (χ0) is 18.5. The minimum atomic E-state index is -0.853. The Kier molecular flexibility index (Phi) is 5.17. The van der Waals surface area contributed by atoms with E-state index in [9.17, 15) is 13.6 Å². The predicted molar refractivity (Wildman–Crippen MR) is 95.4 cm³/mol. The average Bonchev–Trinajstić information content (AvgIpc) is 2.66. The lowest BCUT2D eigenvalue weighted by molar-refractivity contribution is 0.102. The molecule has 5 nitrogen and oxygen atoms in total. The van der Waals surface area contributed by atoms with Crippen molar-refractivity contribution in [2.24, 2.45) is 0 Å². The molecule has 0 aliphatic carbocycles. The minimum absolute atomic E-state index is 0.0852. The molecule has 0 unspecified atom stereocenters. The molecule has 26 heavy (non-hydrogen) atoms. The summed E-state index contributed by atoms with van der Waals surface area (Å²) >= 11 is 0. The quantitative estimate of drug-likeness (QED) is 0.716. The molecule has 0 saturated heterocycles. The van der Waals surface area contributed by atoms with Gasteiger partial charge >= 0.3 is 0 Å². The maximum atomic E-state index is 13.6. The summed E-state index contributed by atoms with van der Waals surface area (Å²) in [6.07, 6.45) is 3.42. The lowest BCUT2D eigenvalue weighted by atomic mass is 10.1. The predicted octanol–water partition coefficient (Wildman–Crippen LogP) is 4.31. The Labute approximate surface area is 149 Å². The van der Waals surface area contributed by atoms with Gasteiger partial charge in [0, 0.05) is 18.1 Å². The molecule has 0 fully saturated rings. The molecule has 7 heteroatoms. The topological polar surface area (TPSA) is 66.9 Å². The number of amides is 1. The first-order valence-corrected chi connectivity index (χ1v) is 8.01. The molecule has 0 radical (unpaired) electrons. The summed E-state index contributed by atoms with van der Waals surface area (Å²) in [6, 6.07) is 11.1. The molecule has 1 heterocycles. The van der Waals surface area contributed by atoms with E-state index < -0.39 is 23.2 Å². The number of carbonyl (C=O) groups is 1. The van der Waals surface area contributed by atoms with Crippen LogP contribution in [0.5, 0.6) is 0 Å². The second-order valence-electron chi connectivity index (χ2n) is 5.48. The SMILES string of the molecule is CCc1ccccc1Nc1ncc(C(=O)Nc2c(F)cccc2F)cn1. The average molecular weight is 354 g/mol. The summed E-state index contributed by atoms with van der Waals surface area (Å²) in [5, 5.41) is 5.28. The number of aryl methyl sites for hydroxylation is 1. The second-order valence-corrected chi connectivity index (χ2v) is 5.48. The highest BCUT2D eigenvalue weighted by Crippen LogP contribution is 2.20. The van der Waals surface area contributed by atoms with Gasteiger partial charge in [0.1, 0.15) is 17.3 Å². The van der Waals surface area contributed by atoms with Crippen molar-refractivity contribution < 1.29 is 13.6 Å². The van der Waals surface area contributed by atoms with Crippen molar-refractivity contribution in [2.75, 3.05) is 10.6 Å². The van der Waals surface area contributed by atoms with Crippen LogP contribution >= 0.6 is 0 Å². The Morgan fingerprint density at radius 2 is 1.65 bits per heavy atom. The van der Waals surface area contributed by atoms with Gasteiger partial charge in [0.15, 0.2) is 0 Å². The second kappa shape index (κ2) is 7.69. The highest BCUT2D eigenvalue weighted by Gasteiger charge is 2.14. The van der Waals surface area contributed by atoms with E-state index in [2.05, 4.69) is 20.6 Å². The smallest absolute Gasteiger partial charge is 0.258 e. The molecule has 1 aromatic heterocycles. The maximum Gasteiger partial charge on any atom is 0.258 e. The van der Waals surface area contributed by atoms with Gasteiger partial charge in [-0.3, -0.25) is 4.79 Å². The summed E-state index contributed by atoms with van der Waals surface area (Å²) in [6.45, 7) is 2.04. The molecule has 3 aromatic rings. The van der Waals surface area contributed by atoms with Crippen molar-refractivity contribution in [2.45, 2.75) is 13.3 Å². The van der Waals surface area contributed by atoms with E-state index in [0.29, 0.717) is 5.95 Å². The van der Waals surface area contributed by atoms with Crippen LogP contribution < -0.4 is 10.6 Å². The molecular formula is C19H16F2N4O. The van der Waals surface area contributed by atoms with Gasteiger partial charge in [0.05, 0.1) is 5.56 Å². The largest absolute Gasteiger partial charge is 0.324 e. The fourth-order valence-corrected chi connectivity index (χ4v) is 2.38. The summed E-state index contributed by atoms with van der Waals surface area (Å²) < 4.78 is 27.2. The van der Waals surface area contributed by atoms with Gasteiger partial charge in [-0.05, 0) is 30.2 Å². The molecule has 0 saturated carbocycles. The standard InChI is InChI=1S/C19H16F2N4O/c1-2-12-6-3-4-9-16(12)24-19-22-10-13(11-23-19)18(26)25-17-14(20)7-5-8-15(17)21/h3-11H,2H2,1H3,(H,25,26)(H,22,23,24). The molecule has 0 aliphatic rings. The van der Waals surface area contributed by atoms with Crippen LogP contribution in [0.25, 0.3) is 0 Å². The fourth-order valence-electron chi connectivity index (χ4n) is 2.38. The lowest BCUT2D eigenvalue weighted by Gasteiger charge is -2.10. The number of aromatic nitrogens is 2. The van der Waals surface area contributed by atoms with Crippen LogP contribution in [0.15, 0.2) is 54.9 Å². The Morgan fingerprint density at radius 3 is 2.31 bits per heavy atom. The van der Waals surface area contributed by atoms with Crippen molar-refractivity contribution in [1.82, 2.24) is 9.97 Å². The van der Waals surface area contributed by atoms with Crippen LogP contribution in [0.1, 0.15) is 22.8 Å². The number of hydrogen-bond donors (Lipinski definition) is 2. The number of rotatable bonds is 5. The number of benzene rings is 2. The summed E-state index contributed by atoms with van der Waals surface area (Å²) in [5.41, 5.74) is 1.56. The number of nitrogens with one attached hydrogen (secondary N) is 2. The van der Waals surface area contributed by atoms with E-state index in [1.807, 2.05) is 31.2 Å². The number of hydrogen-bond acceptors (Lipinski definition) is 4. The van der Waals surface area contributed by atoms with Gasteiger partial charge in [-0.25, -0.2) is 18.7 Å². The molecule has 0 aliphatic heterocycles. The highest BCUT2D eigenvalue weighted by molar-refractivity contribution is 6.04. The molecule has 0 bridgehead atoms. The zero-order valence-corrected chi connectivity index (χ0v) is 14.0. The van der Waals surface area contributed by atoms with Gasteiger partial charge in [0.2, 0.25) is 5.95 Å². The number of carbonyl (C=O) groups excluding carboxylic acids is 1. The molecule has 2 N–H and O–H groups in total. The first-order valence-electron chi connectivity index (χ1n) is 8.01. The third-order valence-corrected chi connectivity index (χ3v) is 3.76. The van der Waals surface area contributed by atoms with Gasteiger partial charge in [0.25, 0.3) is 5.91 Å². The molecule has 2 aromatic carbocycles. The maximum absolute atomic E-state index is 13.6. The molecule has 1 amide bonds. The molecule has 0 spiro atoms. The van der Waals surface area contributed by atoms with E-state index in [1.54, 1.807) is 0 Å². The monoisotopic (exact) mass is 354 g/mol. The lowest BCUT2D eigenvalue weighted by Crippen LogP contribution is -2.15. The minimum Gasteiger partial charge on any atom is -0.324 e. The highest BCUT2D eigenvalue weighted by atomic mass is 19.1. The van der Waals surface area contributed by atoms with Crippen LogP contribution in [0.3, 0.4) is 0 Å². The van der Waals surface area contributed by atoms with E-state index in [1.165, 1.54) is 18.5 Å². The Morgan fingerprint density at radius 1 is 1.00 bits per heavy atom. The molecule has 3 rings (SSSR count). The molecule has 0 atom stereocenters. The van der Waals surface area contributed by atoms with E-state index in [4.69, 9.17) is 0 Å². The van der Waals surface area contributed by atoms with E-state index in [-0.39, 0.29) is 5.56 Å². The van der Waals surface area contributed by atoms with Crippen molar-refractivity contribution in [3.63, 3.8) is 0 Å². The van der Waals surface area contributed by atoms with E-state index >= 15 is 0 Å². The third kappa shape index (κ3) is 3.83. The van der Waals surface area contributed by atoms with Crippen molar-refractivity contribution in [3.8, 4) is 0 Å². The first kappa shape index (κ1) is 17.5. The normalized spacial score (nSPS) is 10.4. The van der Waals surface area contributed by atoms with Crippen LogP contribution in [0.2, 0.25) is 0 Å². The molecular weight excluding hydrogens is 338 g/mol. The van der Waals surface area contributed by atoms with Gasteiger partial charge in [-0.1, -0.05) is 31.2 Å². The summed E-state index contributed by atoms with van der Waals surface area (Å²) in [4.78, 5) is 20.3. The van der Waals surface area contributed by atoms with Gasteiger partial charge in [-0.15, -0.1) is 0 Å². The summed E-state index contributed by atoms with van der Waals surface area (Å²) in [7, 11) is 0. The summed E-state index contributed by atoms with van der Waals surface area (Å²) in [5.74, 6) is -2.09. The number of nitrogens with zero attached hydrogens (tertiary/aromatic N) is 2. The fraction of sp³-hybridized carbons (Fsp3) is 0.105. The van der Waals surface area contributed by atoms with Crippen LogP contribution in [-0.2, 0) is 6.42 Å². The number of para-hydroxylation sites is 2. The Balaban J connectivity index is 1.74. The number of halogens is 2.